The fraction of sp³-hybridized carbons (Fsp3) is 0. The summed E-state index contributed by atoms with van der Waals surface area (Å²) >= 11 is 1.76. The second-order valence-electron chi connectivity index (χ2n) is 15.2. The molecule has 0 amide bonds. The quantitative estimate of drug-likeness (QED) is 0.143. The van der Waals surface area contributed by atoms with E-state index in [0.717, 1.165) is 33.1 Å². The van der Waals surface area contributed by atoms with Crippen LogP contribution in [0, 0.1) is 0 Å². The van der Waals surface area contributed by atoms with E-state index in [9.17, 15) is 0 Å². The third kappa shape index (κ3) is 6.71. The van der Waals surface area contributed by atoms with Gasteiger partial charge in [0.05, 0.1) is 10.2 Å². The zero-order chi connectivity index (χ0) is 39.8. The van der Waals surface area contributed by atoms with Crippen molar-refractivity contribution in [1.82, 2.24) is 4.98 Å². The van der Waals surface area contributed by atoms with Crippen molar-refractivity contribution in [1.29, 1.82) is 0 Å². The molecule has 0 saturated carbocycles. The van der Waals surface area contributed by atoms with Gasteiger partial charge in [-0.25, -0.2) is 4.98 Å². The van der Waals surface area contributed by atoms with Gasteiger partial charge in [0.15, 0.2) is 0 Å². The number of fused-ring (bicyclic) bond motifs is 5. The maximum Gasteiger partial charge on any atom is 0.124 e. The fourth-order valence-corrected chi connectivity index (χ4v) is 9.38. The summed E-state index contributed by atoms with van der Waals surface area (Å²) in [7, 11) is 0. The molecule has 1 heterocycles. The van der Waals surface area contributed by atoms with Crippen molar-refractivity contribution in [2.45, 2.75) is 0 Å². The molecule has 0 saturated heterocycles. The van der Waals surface area contributed by atoms with Gasteiger partial charge in [-0.2, -0.15) is 0 Å². The molecule has 0 aliphatic heterocycles. The Kier molecular flexibility index (Phi) is 9.07. The highest BCUT2D eigenvalue weighted by Gasteiger charge is 2.16. The molecule has 11 rings (SSSR count). The zero-order valence-corrected chi connectivity index (χ0v) is 33.6. The van der Waals surface area contributed by atoms with Crippen LogP contribution < -0.4 is 4.90 Å². The Balaban J connectivity index is 0.926. The molecule has 3 heteroatoms. The van der Waals surface area contributed by atoms with Crippen molar-refractivity contribution in [2.75, 3.05) is 4.90 Å². The van der Waals surface area contributed by atoms with Gasteiger partial charge >= 0.3 is 0 Å². The lowest BCUT2D eigenvalue weighted by molar-refractivity contribution is 1.28. The Morgan fingerprint density at radius 1 is 0.317 bits per heavy atom. The molecule has 0 aliphatic carbocycles. The van der Waals surface area contributed by atoms with E-state index in [1.54, 1.807) is 11.3 Å². The Morgan fingerprint density at radius 2 is 0.700 bits per heavy atom. The molecule has 0 spiro atoms. The Bertz CT molecular complexity index is 3160. The van der Waals surface area contributed by atoms with Gasteiger partial charge < -0.3 is 4.90 Å². The summed E-state index contributed by atoms with van der Waals surface area (Å²) in [4.78, 5) is 7.61. The highest BCUT2D eigenvalue weighted by Crippen LogP contribution is 2.41. The minimum atomic E-state index is 1.04. The molecule has 0 aliphatic rings. The highest BCUT2D eigenvalue weighted by molar-refractivity contribution is 7.21. The van der Waals surface area contributed by atoms with Crippen LogP contribution in [0.15, 0.2) is 231 Å². The van der Waals surface area contributed by atoms with Gasteiger partial charge in [-0.1, -0.05) is 182 Å². The van der Waals surface area contributed by atoms with Gasteiger partial charge in [0.25, 0.3) is 0 Å². The maximum absolute atomic E-state index is 5.27. The third-order valence-corrected chi connectivity index (χ3v) is 12.6. The molecular formula is C57H38N2S. The van der Waals surface area contributed by atoms with Crippen molar-refractivity contribution in [2.24, 2.45) is 0 Å². The molecule has 0 atom stereocenters. The van der Waals surface area contributed by atoms with Crippen molar-refractivity contribution >= 4 is 60.2 Å². The zero-order valence-electron chi connectivity index (χ0n) is 32.7. The molecule has 0 unspecified atom stereocenters. The standard InChI is InChI=1S/C57H38N2S/c1-4-10-39(11-5-1)42-16-19-47(20-17-42)57-58-56-54(60-57)37-29-46-18-21-49-38-48(28-36-53(49)55(46)56)45-26-34-52(35-27-45)59(50-30-22-43(23-31-50)40-12-6-2-7-13-40)51-32-24-44(25-33-51)41-14-8-3-9-15-41/h1-38H. The summed E-state index contributed by atoms with van der Waals surface area (Å²) < 4.78 is 1.20. The van der Waals surface area contributed by atoms with Crippen molar-refractivity contribution in [3.8, 4) is 55.1 Å². The molecule has 10 aromatic carbocycles. The molecule has 0 N–H and O–H groups in total. The van der Waals surface area contributed by atoms with Gasteiger partial charge in [-0.15, -0.1) is 11.3 Å². The normalized spacial score (nSPS) is 11.3. The lowest BCUT2D eigenvalue weighted by Gasteiger charge is -2.26. The van der Waals surface area contributed by atoms with E-state index >= 15 is 0 Å². The predicted octanol–water partition coefficient (Wildman–Crippen LogP) is 16.4. The number of rotatable bonds is 8. The van der Waals surface area contributed by atoms with E-state index in [1.807, 2.05) is 0 Å². The molecule has 60 heavy (non-hydrogen) atoms. The minimum absolute atomic E-state index is 1.04. The van der Waals surface area contributed by atoms with E-state index in [0.29, 0.717) is 0 Å². The molecule has 2 nitrogen and oxygen atoms in total. The summed E-state index contributed by atoms with van der Waals surface area (Å²) in [6.45, 7) is 0. The monoisotopic (exact) mass is 782 g/mol. The van der Waals surface area contributed by atoms with E-state index in [2.05, 4.69) is 235 Å². The maximum atomic E-state index is 5.27. The van der Waals surface area contributed by atoms with Crippen LogP contribution in [0.2, 0.25) is 0 Å². The molecule has 11 aromatic rings. The van der Waals surface area contributed by atoms with Crippen molar-refractivity contribution < 1.29 is 0 Å². The number of aromatic nitrogens is 1. The Morgan fingerprint density at radius 3 is 1.20 bits per heavy atom. The molecule has 282 valence electrons. The van der Waals surface area contributed by atoms with E-state index < -0.39 is 0 Å². The first-order chi connectivity index (χ1) is 29.7. The first-order valence-corrected chi connectivity index (χ1v) is 21.2. The van der Waals surface area contributed by atoms with Gasteiger partial charge in [-0.3, -0.25) is 0 Å². The average Bonchev–Trinajstić information content (AvgIpc) is 3.78. The number of hydrogen-bond donors (Lipinski definition) is 0. The number of thiazole rings is 1. The topological polar surface area (TPSA) is 16.1 Å². The lowest BCUT2D eigenvalue weighted by Crippen LogP contribution is -2.09. The van der Waals surface area contributed by atoms with Crippen molar-refractivity contribution in [3.05, 3.63) is 231 Å². The predicted molar refractivity (Wildman–Crippen MR) is 256 cm³/mol. The van der Waals surface area contributed by atoms with Crippen LogP contribution in [-0.2, 0) is 0 Å². The van der Waals surface area contributed by atoms with Crippen LogP contribution in [0.3, 0.4) is 0 Å². The molecule has 1 aromatic heterocycles. The van der Waals surface area contributed by atoms with Crippen LogP contribution in [-0.4, -0.2) is 4.98 Å². The second kappa shape index (κ2) is 15.3. The van der Waals surface area contributed by atoms with Crippen LogP contribution in [0.4, 0.5) is 17.1 Å². The van der Waals surface area contributed by atoms with Gasteiger partial charge in [0.1, 0.15) is 5.01 Å². The average molecular weight is 783 g/mol. The van der Waals surface area contributed by atoms with E-state index in [1.165, 1.54) is 70.8 Å². The molecule has 0 fully saturated rings. The first kappa shape index (κ1) is 35.6. The van der Waals surface area contributed by atoms with Crippen LogP contribution in [0.5, 0.6) is 0 Å². The largest absolute Gasteiger partial charge is 0.311 e. The molecule has 0 bridgehead atoms. The van der Waals surface area contributed by atoms with Crippen molar-refractivity contribution in [3.63, 3.8) is 0 Å². The summed E-state index contributed by atoms with van der Waals surface area (Å²) in [6.07, 6.45) is 0. The fourth-order valence-electron chi connectivity index (χ4n) is 8.40. The first-order valence-electron chi connectivity index (χ1n) is 20.4. The summed E-state index contributed by atoms with van der Waals surface area (Å²) in [6, 6.07) is 82.9. The van der Waals surface area contributed by atoms with E-state index in [4.69, 9.17) is 4.98 Å². The van der Waals surface area contributed by atoms with Crippen LogP contribution in [0.25, 0.3) is 86.8 Å². The number of hydrogen-bond acceptors (Lipinski definition) is 3. The van der Waals surface area contributed by atoms with Gasteiger partial charge in [0, 0.05) is 28.0 Å². The summed E-state index contributed by atoms with van der Waals surface area (Å²) in [5.74, 6) is 0. The van der Waals surface area contributed by atoms with E-state index in [-0.39, 0.29) is 0 Å². The Hall–Kier alpha value is -7.59. The Labute approximate surface area is 353 Å². The second-order valence-corrected chi connectivity index (χ2v) is 16.2. The van der Waals surface area contributed by atoms with Gasteiger partial charge in [-0.05, 0) is 109 Å². The van der Waals surface area contributed by atoms with Crippen LogP contribution in [0.1, 0.15) is 0 Å². The number of benzene rings is 10. The molecular weight excluding hydrogens is 745 g/mol. The molecule has 0 radical (unpaired) electrons. The smallest absolute Gasteiger partial charge is 0.124 e. The highest BCUT2D eigenvalue weighted by atomic mass is 32.1. The summed E-state index contributed by atoms with van der Waals surface area (Å²) in [5.41, 5.74) is 15.1. The van der Waals surface area contributed by atoms with Gasteiger partial charge in [0.2, 0.25) is 0 Å². The minimum Gasteiger partial charge on any atom is -0.311 e. The van der Waals surface area contributed by atoms with Crippen LogP contribution >= 0.6 is 11.3 Å². The SMILES string of the molecule is c1ccc(-c2ccc(-c3nc4c(ccc5ccc6cc(-c7ccc(N(c8ccc(-c9ccccc9)cc8)c8ccc(-c9ccccc9)cc8)cc7)ccc6c54)s3)cc2)cc1. The number of nitrogens with zero attached hydrogens (tertiary/aromatic N) is 2. The number of anilines is 3. The third-order valence-electron chi connectivity index (χ3n) is 11.5. The summed E-state index contributed by atoms with van der Waals surface area (Å²) in [5, 5.41) is 5.88. The lowest BCUT2D eigenvalue weighted by atomic mass is 9.96.